The molecule has 1 aromatic heterocycles. The van der Waals surface area contributed by atoms with Gasteiger partial charge < -0.3 is 14.8 Å². The van der Waals surface area contributed by atoms with Crippen LogP contribution in [-0.4, -0.2) is 18.7 Å². The molecule has 0 aliphatic heterocycles. The number of methoxy groups -OCH3 is 1. The number of hydrogen-bond donors (Lipinski definition) is 1. The van der Waals surface area contributed by atoms with Gasteiger partial charge in [-0.2, -0.15) is 0 Å². The van der Waals surface area contributed by atoms with E-state index in [1.165, 1.54) is 5.56 Å². The normalized spacial score (nSPS) is 10.2. The summed E-state index contributed by atoms with van der Waals surface area (Å²) in [6, 6.07) is 10.0. The van der Waals surface area contributed by atoms with Crippen molar-refractivity contribution in [3.05, 3.63) is 47.7 Å². The Morgan fingerprint density at radius 1 is 1.25 bits per heavy atom. The number of ether oxygens (including phenoxy) is 2. The summed E-state index contributed by atoms with van der Waals surface area (Å²) in [7, 11) is 1.68. The number of aryl methyl sites for hydroxylation is 1. The number of hydrogen-bond acceptors (Lipinski definition) is 4. The predicted octanol–water partition coefficient (Wildman–Crippen LogP) is 3.41. The van der Waals surface area contributed by atoms with Crippen LogP contribution in [0.25, 0.3) is 0 Å². The molecule has 1 N–H and O–H groups in total. The van der Waals surface area contributed by atoms with Gasteiger partial charge in [0.25, 0.3) is 0 Å². The number of anilines is 1. The van der Waals surface area contributed by atoms with Gasteiger partial charge in [0.05, 0.1) is 19.4 Å². The van der Waals surface area contributed by atoms with Gasteiger partial charge in [-0.15, -0.1) is 0 Å². The molecule has 0 saturated heterocycles. The Morgan fingerprint density at radius 3 is 2.80 bits per heavy atom. The maximum absolute atomic E-state index is 5.49. The van der Waals surface area contributed by atoms with E-state index in [0.717, 1.165) is 23.5 Å². The Labute approximate surface area is 119 Å². The molecule has 0 spiro atoms. The van der Waals surface area contributed by atoms with Crippen LogP contribution < -0.4 is 14.8 Å². The van der Waals surface area contributed by atoms with Crippen LogP contribution in [0.5, 0.6) is 11.6 Å². The zero-order chi connectivity index (χ0) is 14.4. The van der Waals surface area contributed by atoms with E-state index in [0.29, 0.717) is 12.5 Å². The molecule has 0 saturated carbocycles. The lowest BCUT2D eigenvalue weighted by atomic mass is 10.1. The van der Waals surface area contributed by atoms with Crippen molar-refractivity contribution in [1.82, 2.24) is 4.98 Å². The van der Waals surface area contributed by atoms with Gasteiger partial charge in [0.1, 0.15) is 5.75 Å². The topological polar surface area (TPSA) is 43.4 Å². The molecular weight excluding hydrogens is 252 g/mol. The van der Waals surface area contributed by atoms with E-state index in [4.69, 9.17) is 9.47 Å². The SMILES string of the molecule is CCOc1ncccc1NCc1ccc(OC)c(C)c1. The molecule has 20 heavy (non-hydrogen) atoms. The lowest BCUT2D eigenvalue weighted by molar-refractivity contribution is 0.328. The third-order valence-electron chi connectivity index (χ3n) is 2.99. The molecule has 0 aliphatic rings. The number of rotatable bonds is 6. The first-order valence-corrected chi connectivity index (χ1v) is 6.69. The van der Waals surface area contributed by atoms with Gasteiger partial charge >= 0.3 is 0 Å². The summed E-state index contributed by atoms with van der Waals surface area (Å²) in [5, 5.41) is 3.35. The summed E-state index contributed by atoms with van der Waals surface area (Å²) in [5.74, 6) is 1.55. The summed E-state index contributed by atoms with van der Waals surface area (Å²) in [6.45, 7) is 5.31. The molecule has 0 aliphatic carbocycles. The molecule has 0 bridgehead atoms. The van der Waals surface area contributed by atoms with E-state index in [-0.39, 0.29) is 0 Å². The van der Waals surface area contributed by atoms with Gasteiger partial charge in [0, 0.05) is 12.7 Å². The maximum atomic E-state index is 5.49. The van der Waals surface area contributed by atoms with Gasteiger partial charge in [-0.1, -0.05) is 12.1 Å². The number of benzene rings is 1. The van der Waals surface area contributed by atoms with E-state index < -0.39 is 0 Å². The predicted molar refractivity (Wildman–Crippen MR) is 80.5 cm³/mol. The fraction of sp³-hybridized carbons (Fsp3) is 0.312. The van der Waals surface area contributed by atoms with E-state index in [9.17, 15) is 0 Å². The standard InChI is InChI=1S/C16H20N2O2/c1-4-20-16-14(6-5-9-17-16)18-11-13-7-8-15(19-3)12(2)10-13/h5-10,18H,4,11H2,1-3H3. The van der Waals surface area contributed by atoms with E-state index in [1.807, 2.05) is 32.0 Å². The highest BCUT2D eigenvalue weighted by molar-refractivity contribution is 5.52. The summed E-state index contributed by atoms with van der Waals surface area (Å²) < 4.78 is 10.8. The number of nitrogens with one attached hydrogen (secondary N) is 1. The first kappa shape index (κ1) is 14.2. The molecule has 2 aromatic rings. The molecule has 2 rings (SSSR count). The lowest BCUT2D eigenvalue weighted by Gasteiger charge is -2.12. The average molecular weight is 272 g/mol. The number of pyridine rings is 1. The monoisotopic (exact) mass is 272 g/mol. The zero-order valence-corrected chi connectivity index (χ0v) is 12.1. The average Bonchev–Trinajstić information content (AvgIpc) is 2.47. The lowest BCUT2D eigenvalue weighted by Crippen LogP contribution is -2.04. The second-order valence-corrected chi connectivity index (χ2v) is 4.45. The molecular formula is C16H20N2O2. The minimum absolute atomic E-state index is 0.605. The molecule has 0 radical (unpaired) electrons. The molecule has 0 fully saturated rings. The second kappa shape index (κ2) is 6.80. The van der Waals surface area contributed by atoms with Crippen molar-refractivity contribution in [2.75, 3.05) is 19.0 Å². The van der Waals surface area contributed by atoms with E-state index in [1.54, 1.807) is 13.3 Å². The Morgan fingerprint density at radius 2 is 2.10 bits per heavy atom. The molecule has 106 valence electrons. The van der Waals surface area contributed by atoms with Gasteiger partial charge in [0.15, 0.2) is 0 Å². The highest BCUT2D eigenvalue weighted by Gasteiger charge is 2.04. The van der Waals surface area contributed by atoms with Crippen LogP contribution in [0.2, 0.25) is 0 Å². The van der Waals surface area contributed by atoms with Gasteiger partial charge in [-0.25, -0.2) is 4.98 Å². The van der Waals surface area contributed by atoms with Crippen LogP contribution in [-0.2, 0) is 6.54 Å². The molecule has 4 heteroatoms. The Hall–Kier alpha value is -2.23. The van der Waals surface area contributed by atoms with Crippen LogP contribution in [0.3, 0.4) is 0 Å². The van der Waals surface area contributed by atoms with Crippen LogP contribution in [0, 0.1) is 6.92 Å². The van der Waals surface area contributed by atoms with Crippen molar-refractivity contribution < 1.29 is 9.47 Å². The van der Waals surface area contributed by atoms with Gasteiger partial charge in [0.2, 0.25) is 5.88 Å². The van der Waals surface area contributed by atoms with Crippen molar-refractivity contribution >= 4 is 5.69 Å². The molecule has 1 aromatic carbocycles. The van der Waals surface area contributed by atoms with Crippen molar-refractivity contribution in [2.24, 2.45) is 0 Å². The Balaban J connectivity index is 2.07. The van der Waals surface area contributed by atoms with Crippen LogP contribution in [0.1, 0.15) is 18.1 Å². The summed E-state index contributed by atoms with van der Waals surface area (Å²) in [6.07, 6.45) is 1.73. The van der Waals surface area contributed by atoms with Gasteiger partial charge in [-0.05, 0) is 43.2 Å². The quantitative estimate of drug-likeness (QED) is 0.875. The summed E-state index contributed by atoms with van der Waals surface area (Å²) >= 11 is 0. The Bertz CT molecular complexity index is 570. The first-order chi connectivity index (χ1) is 9.74. The van der Waals surface area contributed by atoms with Crippen LogP contribution >= 0.6 is 0 Å². The van der Waals surface area contributed by atoms with Gasteiger partial charge in [-0.3, -0.25) is 0 Å². The first-order valence-electron chi connectivity index (χ1n) is 6.69. The number of nitrogens with zero attached hydrogens (tertiary/aromatic N) is 1. The molecule has 4 nitrogen and oxygen atoms in total. The van der Waals surface area contributed by atoms with Crippen molar-refractivity contribution in [3.63, 3.8) is 0 Å². The largest absolute Gasteiger partial charge is 0.496 e. The van der Waals surface area contributed by atoms with Crippen molar-refractivity contribution in [2.45, 2.75) is 20.4 Å². The highest BCUT2D eigenvalue weighted by atomic mass is 16.5. The van der Waals surface area contributed by atoms with Crippen LogP contribution in [0.4, 0.5) is 5.69 Å². The Kier molecular flexibility index (Phi) is 4.82. The summed E-state index contributed by atoms with van der Waals surface area (Å²) in [4.78, 5) is 4.22. The molecule has 0 unspecified atom stereocenters. The van der Waals surface area contributed by atoms with E-state index in [2.05, 4.69) is 22.4 Å². The van der Waals surface area contributed by atoms with Crippen molar-refractivity contribution in [1.29, 1.82) is 0 Å². The third kappa shape index (κ3) is 3.41. The smallest absolute Gasteiger partial charge is 0.237 e. The van der Waals surface area contributed by atoms with Crippen molar-refractivity contribution in [3.8, 4) is 11.6 Å². The summed E-state index contributed by atoms with van der Waals surface area (Å²) in [5.41, 5.74) is 3.22. The fourth-order valence-corrected chi connectivity index (χ4v) is 2.02. The minimum atomic E-state index is 0.605. The molecule has 1 heterocycles. The molecule has 0 amide bonds. The molecule has 0 atom stereocenters. The fourth-order valence-electron chi connectivity index (χ4n) is 2.02. The van der Waals surface area contributed by atoms with E-state index >= 15 is 0 Å². The highest BCUT2D eigenvalue weighted by Crippen LogP contribution is 2.23. The third-order valence-corrected chi connectivity index (χ3v) is 2.99. The zero-order valence-electron chi connectivity index (χ0n) is 12.1. The number of aromatic nitrogens is 1. The second-order valence-electron chi connectivity index (χ2n) is 4.45. The minimum Gasteiger partial charge on any atom is -0.496 e. The van der Waals surface area contributed by atoms with Crippen LogP contribution in [0.15, 0.2) is 36.5 Å². The maximum Gasteiger partial charge on any atom is 0.237 e.